The van der Waals surface area contributed by atoms with Gasteiger partial charge in [0.05, 0.1) is 21.2 Å². The van der Waals surface area contributed by atoms with Gasteiger partial charge in [-0.3, -0.25) is 9.59 Å². The van der Waals surface area contributed by atoms with E-state index in [9.17, 15) is 18.0 Å². The van der Waals surface area contributed by atoms with Gasteiger partial charge in [-0.15, -0.1) is 0 Å². The molecule has 11 heteroatoms. The summed E-state index contributed by atoms with van der Waals surface area (Å²) in [6.45, 7) is 4.11. The van der Waals surface area contributed by atoms with Crippen molar-refractivity contribution in [3.8, 4) is 0 Å². The summed E-state index contributed by atoms with van der Waals surface area (Å²) in [5.74, 6) is -0.782. The SMILES string of the molecule is CCCCNS(=O)(=O)c1ccc2nc(SC(C)C(=O)Nc3ccc(C(N)=O)cc3)[nH]c2c1. The lowest BCUT2D eigenvalue weighted by Gasteiger charge is -2.10. The van der Waals surface area contributed by atoms with E-state index < -0.39 is 21.2 Å². The van der Waals surface area contributed by atoms with Gasteiger partial charge in [0.25, 0.3) is 0 Å². The number of carbonyl (C=O) groups is 2. The third-order valence-corrected chi connectivity index (χ3v) is 7.10. The van der Waals surface area contributed by atoms with E-state index in [0.29, 0.717) is 34.0 Å². The van der Waals surface area contributed by atoms with Crippen molar-refractivity contribution >= 4 is 50.3 Å². The summed E-state index contributed by atoms with van der Waals surface area (Å²) in [4.78, 5) is 31.3. The lowest BCUT2D eigenvalue weighted by atomic mass is 10.2. The molecular weight excluding hydrogens is 450 g/mol. The van der Waals surface area contributed by atoms with Gasteiger partial charge in [-0.2, -0.15) is 0 Å². The molecule has 170 valence electrons. The number of unbranched alkanes of at least 4 members (excludes halogenated alkanes) is 1. The van der Waals surface area contributed by atoms with Crippen LogP contribution in [0.25, 0.3) is 11.0 Å². The van der Waals surface area contributed by atoms with Crippen LogP contribution in [0.4, 0.5) is 5.69 Å². The number of nitrogens with one attached hydrogen (secondary N) is 3. The van der Waals surface area contributed by atoms with Crippen molar-refractivity contribution in [2.45, 2.75) is 42.0 Å². The normalized spacial score (nSPS) is 12.6. The third kappa shape index (κ3) is 5.87. The molecule has 0 spiro atoms. The number of carbonyl (C=O) groups excluding carboxylic acids is 2. The van der Waals surface area contributed by atoms with E-state index in [-0.39, 0.29) is 10.8 Å². The lowest BCUT2D eigenvalue weighted by molar-refractivity contribution is -0.115. The first-order valence-corrected chi connectivity index (χ1v) is 12.4. The second-order valence-corrected chi connectivity index (χ2v) is 10.3. The Morgan fingerprint density at radius 2 is 1.91 bits per heavy atom. The number of hydrogen-bond acceptors (Lipinski definition) is 6. The van der Waals surface area contributed by atoms with E-state index in [1.54, 1.807) is 25.1 Å². The number of H-pyrrole nitrogens is 1. The molecule has 0 aliphatic carbocycles. The molecule has 3 aromatic rings. The van der Waals surface area contributed by atoms with Crippen LogP contribution in [0.15, 0.2) is 52.5 Å². The molecule has 2 aromatic carbocycles. The quantitative estimate of drug-likeness (QED) is 0.262. The molecule has 0 aliphatic heterocycles. The Kier molecular flexibility index (Phi) is 7.54. The number of hydrogen-bond donors (Lipinski definition) is 4. The lowest BCUT2D eigenvalue weighted by Crippen LogP contribution is -2.24. The van der Waals surface area contributed by atoms with Gasteiger partial charge in [0, 0.05) is 17.8 Å². The Bertz CT molecular complexity index is 1220. The largest absolute Gasteiger partial charge is 0.366 e. The highest BCUT2D eigenvalue weighted by molar-refractivity contribution is 8.00. The van der Waals surface area contributed by atoms with Gasteiger partial charge in [0.1, 0.15) is 0 Å². The predicted molar refractivity (Wildman–Crippen MR) is 125 cm³/mol. The van der Waals surface area contributed by atoms with Crippen LogP contribution in [-0.4, -0.2) is 42.0 Å². The van der Waals surface area contributed by atoms with Crippen molar-refractivity contribution < 1.29 is 18.0 Å². The summed E-state index contributed by atoms with van der Waals surface area (Å²) < 4.78 is 27.4. The van der Waals surface area contributed by atoms with Crippen molar-refractivity contribution in [2.24, 2.45) is 5.73 Å². The molecule has 1 heterocycles. The number of nitrogens with zero attached hydrogens (tertiary/aromatic N) is 1. The smallest absolute Gasteiger partial charge is 0.248 e. The minimum Gasteiger partial charge on any atom is -0.366 e. The number of aromatic nitrogens is 2. The zero-order valence-electron chi connectivity index (χ0n) is 17.7. The number of benzene rings is 2. The van der Waals surface area contributed by atoms with Crippen LogP contribution >= 0.6 is 11.8 Å². The standard InChI is InChI=1S/C21H25N5O4S2/c1-3-4-11-23-32(29,30)16-9-10-17-18(12-16)26-21(25-17)31-13(2)20(28)24-15-7-5-14(6-8-15)19(22)27/h5-10,12-13,23H,3-4,11H2,1-2H3,(H2,22,27)(H,24,28)(H,25,26). The van der Waals surface area contributed by atoms with Gasteiger partial charge in [-0.25, -0.2) is 18.1 Å². The fraction of sp³-hybridized carbons (Fsp3) is 0.286. The highest BCUT2D eigenvalue weighted by Crippen LogP contribution is 2.26. The number of anilines is 1. The first-order valence-electron chi connectivity index (χ1n) is 10.1. The number of fused-ring (bicyclic) bond motifs is 1. The predicted octanol–water partition coefficient (Wildman–Crippen LogP) is 2.86. The monoisotopic (exact) mass is 475 g/mol. The van der Waals surface area contributed by atoms with Crippen LogP contribution < -0.4 is 15.8 Å². The summed E-state index contributed by atoms with van der Waals surface area (Å²) in [5.41, 5.74) is 7.29. The molecule has 0 aliphatic rings. The summed E-state index contributed by atoms with van der Waals surface area (Å²) in [6.07, 6.45) is 1.66. The van der Waals surface area contributed by atoms with Gasteiger partial charge in [0.15, 0.2) is 5.16 Å². The number of nitrogens with two attached hydrogens (primary N) is 1. The molecule has 3 rings (SSSR count). The zero-order chi connectivity index (χ0) is 23.3. The molecule has 0 fully saturated rings. The van der Waals surface area contributed by atoms with Crippen LogP contribution in [0.5, 0.6) is 0 Å². The maximum absolute atomic E-state index is 12.5. The first-order chi connectivity index (χ1) is 15.2. The maximum Gasteiger partial charge on any atom is 0.248 e. The molecule has 0 saturated heterocycles. The number of aromatic amines is 1. The van der Waals surface area contributed by atoms with Gasteiger partial charge in [0.2, 0.25) is 21.8 Å². The molecule has 1 unspecified atom stereocenters. The zero-order valence-corrected chi connectivity index (χ0v) is 19.3. The molecule has 32 heavy (non-hydrogen) atoms. The molecule has 0 radical (unpaired) electrons. The van der Waals surface area contributed by atoms with Crippen molar-refractivity contribution in [1.29, 1.82) is 0 Å². The molecule has 2 amide bonds. The van der Waals surface area contributed by atoms with Gasteiger partial charge in [-0.1, -0.05) is 25.1 Å². The Hall–Kier alpha value is -2.89. The first kappa shape index (κ1) is 23.8. The Morgan fingerprint density at radius 1 is 1.19 bits per heavy atom. The highest BCUT2D eigenvalue weighted by atomic mass is 32.2. The molecule has 5 N–H and O–H groups in total. The summed E-state index contributed by atoms with van der Waals surface area (Å²) in [6, 6.07) is 11.0. The van der Waals surface area contributed by atoms with E-state index >= 15 is 0 Å². The summed E-state index contributed by atoms with van der Waals surface area (Å²) in [7, 11) is -3.59. The molecule has 9 nitrogen and oxygen atoms in total. The van der Waals surface area contributed by atoms with E-state index in [2.05, 4.69) is 20.0 Å². The molecule has 0 saturated carbocycles. The van der Waals surface area contributed by atoms with Crippen molar-refractivity contribution in [2.75, 3.05) is 11.9 Å². The fourth-order valence-electron chi connectivity index (χ4n) is 2.84. The highest BCUT2D eigenvalue weighted by Gasteiger charge is 2.19. The van der Waals surface area contributed by atoms with Crippen molar-refractivity contribution in [3.63, 3.8) is 0 Å². The molecule has 0 bridgehead atoms. The summed E-state index contributed by atoms with van der Waals surface area (Å²) >= 11 is 1.22. The Labute approximate surface area is 190 Å². The van der Waals surface area contributed by atoms with Crippen LogP contribution in [0.3, 0.4) is 0 Å². The van der Waals surface area contributed by atoms with Crippen LogP contribution in [0.1, 0.15) is 37.0 Å². The van der Waals surface area contributed by atoms with Crippen molar-refractivity contribution in [1.82, 2.24) is 14.7 Å². The minimum absolute atomic E-state index is 0.159. The van der Waals surface area contributed by atoms with Crippen LogP contribution in [-0.2, 0) is 14.8 Å². The number of imidazole rings is 1. The number of thioether (sulfide) groups is 1. The molecule has 1 atom stereocenters. The Morgan fingerprint density at radius 3 is 2.56 bits per heavy atom. The maximum atomic E-state index is 12.5. The van der Waals surface area contributed by atoms with Gasteiger partial charge >= 0.3 is 0 Å². The Balaban J connectivity index is 1.67. The molecular formula is C21H25N5O4S2. The topological polar surface area (TPSA) is 147 Å². The number of sulfonamides is 1. The van der Waals surface area contributed by atoms with E-state index in [1.807, 2.05) is 6.92 Å². The minimum atomic E-state index is -3.59. The number of primary amides is 1. The van der Waals surface area contributed by atoms with E-state index in [0.717, 1.165) is 12.8 Å². The van der Waals surface area contributed by atoms with Gasteiger partial charge < -0.3 is 16.0 Å². The second kappa shape index (κ2) is 10.2. The van der Waals surface area contributed by atoms with E-state index in [1.165, 1.54) is 36.0 Å². The fourth-order valence-corrected chi connectivity index (χ4v) is 4.76. The number of rotatable bonds is 10. The average Bonchev–Trinajstić information content (AvgIpc) is 3.15. The van der Waals surface area contributed by atoms with Gasteiger partial charge in [-0.05, 0) is 55.8 Å². The van der Waals surface area contributed by atoms with Crippen LogP contribution in [0, 0.1) is 0 Å². The molecule has 1 aromatic heterocycles. The van der Waals surface area contributed by atoms with E-state index in [4.69, 9.17) is 5.73 Å². The van der Waals surface area contributed by atoms with Crippen molar-refractivity contribution in [3.05, 3.63) is 48.0 Å². The average molecular weight is 476 g/mol. The van der Waals surface area contributed by atoms with Crippen LogP contribution in [0.2, 0.25) is 0 Å². The number of amides is 2. The second-order valence-electron chi connectivity index (χ2n) is 7.16. The third-order valence-electron chi connectivity index (χ3n) is 4.66. The summed E-state index contributed by atoms with van der Waals surface area (Å²) in [5, 5.41) is 2.79.